The Kier molecular flexibility index (Phi) is 6.11. The van der Waals surface area contributed by atoms with Crippen LogP contribution in [0.1, 0.15) is 6.42 Å². The summed E-state index contributed by atoms with van der Waals surface area (Å²) < 4.78 is 15.4. The molecule has 106 valence electrons. The number of anilines is 1. The molecule has 0 aliphatic carbocycles. The first-order valence-electron chi connectivity index (χ1n) is 5.89. The quantitative estimate of drug-likeness (QED) is 0.771. The molecule has 0 aliphatic rings. The summed E-state index contributed by atoms with van der Waals surface area (Å²) >= 11 is 0. The fraction of sp³-hybridized carbons (Fsp3) is 0.462. The maximum absolute atomic E-state index is 11.9. The Bertz CT molecular complexity index is 419. The SMILES string of the molecule is COc1ccc(OC)c(NC(=O)CC(CN)OC)c1. The number of carbonyl (C=O) groups is 1. The van der Waals surface area contributed by atoms with Gasteiger partial charge in [0.1, 0.15) is 11.5 Å². The number of hydrogen-bond donors (Lipinski definition) is 2. The molecule has 1 aromatic carbocycles. The smallest absolute Gasteiger partial charge is 0.227 e. The molecule has 1 amide bonds. The van der Waals surface area contributed by atoms with Crippen molar-refractivity contribution in [1.29, 1.82) is 0 Å². The van der Waals surface area contributed by atoms with Crippen molar-refractivity contribution in [2.45, 2.75) is 12.5 Å². The molecule has 1 unspecified atom stereocenters. The van der Waals surface area contributed by atoms with Crippen molar-refractivity contribution in [3.05, 3.63) is 18.2 Å². The van der Waals surface area contributed by atoms with Gasteiger partial charge in [0.2, 0.25) is 5.91 Å². The van der Waals surface area contributed by atoms with Crippen LogP contribution in [0, 0.1) is 0 Å². The third kappa shape index (κ3) is 4.42. The number of nitrogens with two attached hydrogens (primary N) is 1. The van der Waals surface area contributed by atoms with E-state index in [2.05, 4.69) is 5.32 Å². The third-order valence-electron chi connectivity index (χ3n) is 2.69. The topological polar surface area (TPSA) is 82.8 Å². The molecule has 0 heterocycles. The van der Waals surface area contributed by atoms with Crippen LogP contribution in [0.3, 0.4) is 0 Å². The normalized spacial score (nSPS) is 11.8. The summed E-state index contributed by atoms with van der Waals surface area (Å²) in [6.45, 7) is 0.291. The summed E-state index contributed by atoms with van der Waals surface area (Å²) in [5.74, 6) is 1.01. The highest BCUT2D eigenvalue weighted by Crippen LogP contribution is 2.28. The van der Waals surface area contributed by atoms with Gasteiger partial charge in [0, 0.05) is 19.7 Å². The van der Waals surface area contributed by atoms with Gasteiger partial charge in [0.15, 0.2) is 0 Å². The second-order valence-electron chi connectivity index (χ2n) is 3.91. The fourth-order valence-corrected chi connectivity index (χ4v) is 1.58. The van der Waals surface area contributed by atoms with E-state index in [1.807, 2.05) is 0 Å². The molecule has 0 saturated carbocycles. The lowest BCUT2D eigenvalue weighted by atomic mass is 10.2. The highest BCUT2D eigenvalue weighted by atomic mass is 16.5. The summed E-state index contributed by atoms with van der Waals surface area (Å²) in [6, 6.07) is 5.18. The Balaban J connectivity index is 2.77. The van der Waals surface area contributed by atoms with Crippen molar-refractivity contribution < 1.29 is 19.0 Å². The predicted molar refractivity (Wildman–Crippen MR) is 72.6 cm³/mol. The summed E-state index contributed by atoms with van der Waals surface area (Å²) in [6.07, 6.45) is -0.107. The Morgan fingerprint density at radius 2 is 2.05 bits per heavy atom. The van der Waals surface area contributed by atoms with Gasteiger partial charge in [-0.1, -0.05) is 0 Å². The maximum atomic E-state index is 11.9. The molecular weight excluding hydrogens is 248 g/mol. The number of carbonyl (C=O) groups excluding carboxylic acids is 1. The highest BCUT2D eigenvalue weighted by molar-refractivity contribution is 5.92. The average Bonchev–Trinajstić information content (AvgIpc) is 2.44. The number of amides is 1. The van der Waals surface area contributed by atoms with E-state index in [1.165, 1.54) is 14.2 Å². The Morgan fingerprint density at radius 3 is 2.58 bits per heavy atom. The van der Waals surface area contributed by atoms with Crippen LogP contribution in [-0.4, -0.2) is 39.9 Å². The first-order valence-corrected chi connectivity index (χ1v) is 5.89. The number of rotatable bonds is 7. The minimum Gasteiger partial charge on any atom is -0.497 e. The van der Waals surface area contributed by atoms with Gasteiger partial charge < -0.3 is 25.3 Å². The first-order chi connectivity index (χ1) is 9.14. The largest absolute Gasteiger partial charge is 0.497 e. The van der Waals surface area contributed by atoms with Gasteiger partial charge >= 0.3 is 0 Å². The zero-order chi connectivity index (χ0) is 14.3. The van der Waals surface area contributed by atoms with Crippen LogP contribution in [-0.2, 0) is 9.53 Å². The van der Waals surface area contributed by atoms with E-state index in [4.69, 9.17) is 19.9 Å². The molecule has 0 aliphatic heterocycles. The van der Waals surface area contributed by atoms with E-state index >= 15 is 0 Å². The molecule has 0 spiro atoms. The first kappa shape index (κ1) is 15.3. The van der Waals surface area contributed by atoms with Crippen LogP contribution in [0.15, 0.2) is 18.2 Å². The minimum absolute atomic E-state index is 0.188. The van der Waals surface area contributed by atoms with Gasteiger partial charge in [-0.05, 0) is 12.1 Å². The van der Waals surface area contributed by atoms with Gasteiger partial charge in [-0.15, -0.1) is 0 Å². The molecule has 6 heteroatoms. The molecule has 0 saturated heterocycles. The van der Waals surface area contributed by atoms with Gasteiger partial charge in [-0.2, -0.15) is 0 Å². The zero-order valence-electron chi connectivity index (χ0n) is 11.4. The van der Waals surface area contributed by atoms with Crippen LogP contribution in [0.4, 0.5) is 5.69 Å². The summed E-state index contributed by atoms with van der Waals surface area (Å²) in [5, 5.41) is 2.76. The Hall–Kier alpha value is -1.79. The van der Waals surface area contributed by atoms with E-state index in [0.717, 1.165) is 0 Å². The van der Waals surface area contributed by atoms with Crippen LogP contribution >= 0.6 is 0 Å². The standard InChI is InChI=1S/C13H20N2O4/c1-17-9-4-5-12(19-3)11(6-9)15-13(16)7-10(8-14)18-2/h4-6,10H,7-8,14H2,1-3H3,(H,15,16). The molecule has 6 nitrogen and oxygen atoms in total. The number of hydrogen-bond acceptors (Lipinski definition) is 5. The van der Waals surface area contributed by atoms with Crippen LogP contribution < -0.4 is 20.5 Å². The molecule has 3 N–H and O–H groups in total. The fourth-order valence-electron chi connectivity index (χ4n) is 1.58. The monoisotopic (exact) mass is 268 g/mol. The molecule has 0 aromatic heterocycles. The molecule has 1 aromatic rings. The lowest BCUT2D eigenvalue weighted by Crippen LogP contribution is -2.28. The van der Waals surface area contributed by atoms with E-state index in [0.29, 0.717) is 23.7 Å². The number of nitrogens with one attached hydrogen (secondary N) is 1. The molecule has 0 radical (unpaired) electrons. The highest BCUT2D eigenvalue weighted by Gasteiger charge is 2.14. The summed E-state index contributed by atoms with van der Waals surface area (Å²) in [4.78, 5) is 11.9. The average molecular weight is 268 g/mol. The van der Waals surface area contributed by atoms with Crippen LogP contribution in [0.2, 0.25) is 0 Å². The van der Waals surface area contributed by atoms with Gasteiger partial charge in [0.25, 0.3) is 0 Å². The number of benzene rings is 1. The van der Waals surface area contributed by atoms with Crippen molar-refractivity contribution in [2.24, 2.45) is 5.73 Å². The van der Waals surface area contributed by atoms with Crippen LogP contribution in [0.5, 0.6) is 11.5 Å². The van der Waals surface area contributed by atoms with Crippen molar-refractivity contribution >= 4 is 11.6 Å². The van der Waals surface area contributed by atoms with Gasteiger partial charge in [0.05, 0.1) is 32.4 Å². The molecule has 1 atom stereocenters. The van der Waals surface area contributed by atoms with E-state index in [1.54, 1.807) is 25.3 Å². The summed E-state index contributed by atoms with van der Waals surface area (Å²) in [7, 11) is 4.62. The lowest BCUT2D eigenvalue weighted by Gasteiger charge is -2.14. The number of ether oxygens (including phenoxy) is 3. The van der Waals surface area contributed by atoms with Gasteiger partial charge in [-0.25, -0.2) is 0 Å². The van der Waals surface area contributed by atoms with Crippen molar-refractivity contribution in [2.75, 3.05) is 33.2 Å². The van der Waals surface area contributed by atoms with Crippen molar-refractivity contribution in [3.8, 4) is 11.5 Å². The molecule has 1 rings (SSSR count). The predicted octanol–water partition coefficient (Wildman–Crippen LogP) is 1.01. The van der Waals surface area contributed by atoms with Crippen LogP contribution in [0.25, 0.3) is 0 Å². The second kappa shape index (κ2) is 7.60. The maximum Gasteiger partial charge on any atom is 0.227 e. The number of methoxy groups -OCH3 is 3. The third-order valence-corrected chi connectivity index (χ3v) is 2.69. The second-order valence-corrected chi connectivity index (χ2v) is 3.91. The van der Waals surface area contributed by atoms with E-state index in [9.17, 15) is 4.79 Å². The Morgan fingerprint density at radius 1 is 1.32 bits per heavy atom. The Labute approximate surface area is 112 Å². The molecular formula is C13H20N2O4. The van der Waals surface area contributed by atoms with Crippen molar-refractivity contribution in [1.82, 2.24) is 0 Å². The van der Waals surface area contributed by atoms with E-state index < -0.39 is 0 Å². The molecule has 0 bridgehead atoms. The molecule has 0 fully saturated rings. The van der Waals surface area contributed by atoms with Crippen molar-refractivity contribution in [3.63, 3.8) is 0 Å². The summed E-state index contributed by atoms with van der Waals surface area (Å²) in [5.41, 5.74) is 6.03. The van der Waals surface area contributed by atoms with E-state index in [-0.39, 0.29) is 18.4 Å². The molecule has 19 heavy (non-hydrogen) atoms. The van der Waals surface area contributed by atoms with Gasteiger partial charge in [-0.3, -0.25) is 4.79 Å². The zero-order valence-corrected chi connectivity index (χ0v) is 11.4. The lowest BCUT2D eigenvalue weighted by molar-refractivity contribution is -0.118. The minimum atomic E-state index is -0.295.